The van der Waals surface area contributed by atoms with Gasteiger partial charge in [0.15, 0.2) is 11.4 Å². The van der Waals surface area contributed by atoms with Crippen molar-refractivity contribution in [3.05, 3.63) is 11.3 Å². The van der Waals surface area contributed by atoms with E-state index in [0.717, 1.165) is 5.57 Å². The summed E-state index contributed by atoms with van der Waals surface area (Å²) in [6, 6.07) is 0. The zero-order valence-electron chi connectivity index (χ0n) is 37.9. The van der Waals surface area contributed by atoms with E-state index in [-0.39, 0.29) is 38.4 Å². The summed E-state index contributed by atoms with van der Waals surface area (Å²) in [5.74, 6) is -6.94. The monoisotopic (exact) mass is 892 g/mol. The normalized spacial score (nSPS) is 49.3. The Balaban J connectivity index is 1.06. The van der Waals surface area contributed by atoms with Crippen LogP contribution in [0.15, 0.2) is 11.3 Å². The molecule has 4 bridgehead atoms. The van der Waals surface area contributed by atoms with Gasteiger partial charge in [-0.15, -0.1) is 0 Å². The zero-order valence-corrected chi connectivity index (χ0v) is 37.9. The van der Waals surface area contributed by atoms with Crippen molar-refractivity contribution in [2.75, 3.05) is 13.2 Å². The maximum absolute atomic E-state index is 16.2. The van der Waals surface area contributed by atoms with Crippen molar-refractivity contribution < 1.29 is 76.2 Å². The van der Waals surface area contributed by atoms with Gasteiger partial charge in [0.1, 0.15) is 41.0 Å². The van der Waals surface area contributed by atoms with Crippen molar-refractivity contribution >= 4 is 41.6 Å². The number of carbonyl (C=O) groups is 7. The van der Waals surface area contributed by atoms with Crippen LogP contribution in [0, 0.1) is 68.0 Å². The van der Waals surface area contributed by atoms with Crippen LogP contribution in [0.2, 0.25) is 0 Å². The Bertz CT molecular complexity index is 2210. The topological polar surface area (TPSA) is 203 Å². The summed E-state index contributed by atoms with van der Waals surface area (Å²) in [6.07, 6.45) is -1.21. The molecule has 17 atom stereocenters. The Hall–Kier alpha value is -4.05. The molecule has 11 aliphatic rings. The van der Waals surface area contributed by atoms with Gasteiger partial charge in [-0.05, 0) is 86.5 Å². The predicted molar refractivity (Wildman–Crippen MR) is 214 cm³/mol. The molecule has 6 aliphatic carbocycles. The molecule has 64 heavy (non-hydrogen) atoms. The largest absolute Gasteiger partial charge is 0.482 e. The van der Waals surface area contributed by atoms with Crippen LogP contribution in [0.25, 0.3) is 0 Å². The highest BCUT2D eigenvalue weighted by Crippen LogP contribution is 2.78. The summed E-state index contributed by atoms with van der Waals surface area (Å²) < 4.78 is 57.8. The number of allylic oxidation sites excluding steroid dienone is 1. The maximum Gasteiger partial charge on any atom is 0.320 e. The van der Waals surface area contributed by atoms with Gasteiger partial charge in [-0.2, -0.15) is 0 Å². The number of esters is 6. The van der Waals surface area contributed by atoms with Gasteiger partial charge in [0.25, 0.3) is 0 Å². The molecule has 11 rings (SSSR count). The molecule has 5 saturated carbocycles. The lowest BCUT2D eigenvalue weighted by atomic mass is 9.43. The minimum Gasteiger partial charge on any atom is -0.482 e. The highest BCUT2D eigenvalue weighted by molar-refractivity contribution is 6.11. The van der Waals surface area contributed by atoms with Crippen LogP contribution in [0.4, 0.5) is 0 Å². The smallest absolute Gasteiger partial charge is 0.320 e. The molecule has 0 radical (unpaired) electrons. The van der Waals surface area contributed by atoms with E-state index in [9.17, 15) is 19.2 Å². The van der Waals surface area contributed by atoms with E-state index in [1.807, 2.05) is 0 Å². The molecule has 0 aromatic carbocycles. The first-order valence-electron chi connectivity index (χ1n) is 23.4. The van der Waals surface area contributed by atoms with E-state index in [1.165, 1.54) is 27.7 Å². The zero-order chi connectivity index (χ0) is 45.5. The summed E-state index contributed by atoms with van der Waals surface area (Å²) in [5, 5.41) is 0. The molecule has 0 amide bonds. The molecule has 5 heterocycles. The van der Waals surface area contributed by atoms with Gasteiger partial charge < -0.3 is 42.6 Å². The summed E-state index contributed by atoms with van der Waals surface area (Å²) in [6.45, 7) is 13.7. The second-order valence-electron chi connectivity index (χ2n) is 22.7. The minimum absolute atomic E-state index is 0.00922. The number of ketones is 1. The first-order chi connectivity index (χ1) is 30.1. The van der Waals surface area contributed by atoms with E-state index in [4.69, 9.17) is 42.6 Å². The maximum atomic E-state index is 16.2. The van der Waals surface area contributed by atoms with Gasteiger partial charge in [-0.3, -0.25) is 33.6 Å². The highest BCUT2D eigenvalue weighted by atomic mass is 16.7. The van der Waals surface area contributed by atoms with Crippen LogP contribution in [-0.2, 0) is 76.2 Å². The lowest BCUT2D eigenvalue weighted by Gasteiger charge is -2.63. The van der Waals surface area contributed by atoms with Crippen molar-refractivity contribution in [1.82, 2.24) is 0 Å². The molecule has 0 unspecified atom stereocenters. The predicted octanol–water partition coefficient (Wildman–Crippen LogP) is 4.81. The fourth-order valence-electron chi connectivity index (χ4n) is 17.4. The van der Waals surface area contributed by atoms with E-state index in [1.54, 1.807) is 0 Å². The van der Waals surface area contributed by atoms with Gasteiger partial charge in [-0.25, -0.2) is 0 Å². The molecule has 9 fully saturated rings. The van der Waals surface area contributed by atoms with Crippen LogP contribution >= 0.6 is 0 Å². The van der Waals surface area contributed by atoms with Crippen LogP contribution in [0.5, 0.6) is 0 Å². The summed E-state index contributed by atoms with van der Waals surface area (Å²) in [4.78, 5) is 98.0. The molecule has 5 spiro atoms. The fraction of sp³-hybridized carbons (Fsp3) is 0.812. The van der Waals surface area contributed by atoms with Crippen LogP contribution in [0.1, 0.15) is 120 Å². The summed E-state index contributed by atoms with van der Waals surface area (Å²) >= 11 is 0. The van der Waals surface area contributed by atoms with Crippen LogP contribution in [-0.4, -0.2) is 97.4 Å². The van der Waals surface area contributed by atoms with Crippen LogP contribution < -0.4 is 0 Å². The number of rotatable bonds is 4. The lowest BCUT2D eigenvalue weighted by Crippen LogP contribution is -2.71. The minimum atomic E-state index is -1.82. The van der Waals surface area contributed by atoms with Crippen molar-refractivity contribution in [3.63, 3.8) is 0 Å². The third kappa shape index (κ3) is 5.05. The standard InChI is InChI=1S/C48H60O16/c1-21(49)58-28-15-25-17-44(32(28)46-19-56-37(60-23(3)51)34(46)42(5,6)12-10-30(46)62-40(44)54)36-27(25)9-14-48(64-36)26-16-29(59-22(2)50)33-45(18-26,39(48)53)41(55)63-31-11-13-43(7,8)35-38(61-24(4)52)57-20-47(31,33)35/h25-26,28-35,37-38H,9-20H2,1-8H3/t25-,26-,28+,29+,30+,31+,32-,33-,34-,35-,37+,38-,44+,45+,46+,47+,48+/m1/s1. The molecule has 4 saturated heterocycles. The van der Waals surface area contributed by atoms with Gasteiger partial charge in [0.2, 0.25) is 12.6 Å². The Morgan fingerprint density at radius 3 is 1.59 bits per heavy atom. The number of hydrogen-bond donors (Lipinski definition) is 0. The SMILES string of the molecule is CC(=O)O[C@H]1OC[C@@]23[C@H](CCC(C)(C)[C@@H]12)OC(=O)[C@@]12C[C@@H](C[C@H](OC(C)=O)[C@H]13)[C@@]1(CCC3=C(O1)[C@]14C[C@H]3C[C@H](OC(C)=O)[C@H]1[C@@]13CO[C@@H](OC(C)=O)[C@@H]1C(C)(C)CC[C@@H]3OC4=O)C2=O. The second-order valence-corrected chi connectivity index (χ2v) is 22.7. The number of ether oxygens (including phenoxy) is 9. The molecule has 0 aromatic heterocycles. The third-order valence-corrected chi connectivity index (χ3v) is 18.9. The number of carbonyl (C=O) groups excluding carboxylic acids is 7. The lowest BCUT2D eigenvalue weighted by molar-refractivity contribution is -0.261. The number of Topliss-reactive ketones (excluding diaryl/α,β-unsaturated/α-hetero) is 1. The average molecular weight is 893 g/mol. The van der Waals surface area contributed by atoms with Crippen molar-refractivity contribution in [3.8, 4) is 0 Å². The average Bonchev–Trinajstić information content (AvgIpc) is 3.88. The molecule has 5 aliphatic heterocycles. The van der Waals surface area contributed by atoms with Crippen LogP contribution in [0.3, 0.4) is 0 Å². The first kappa shape index (κ1) is 42.6. The number of fused-ring (bicyclic) bond motifs is 4. The molecular formula is C48H60O16. The molecule has 0 aromatic rings. The Morgan fingerprint density at radius 1 is 0.594 bits per heavy atom. The van der Waals surface area contributed by atoms with E-state index >= 15 is 14.4 Å². The van der Waals surface area contributed by atoms with Gasteiger partial charge >= 0.3 is 35.8 Å². The molecule has 0 N–H and O–H groups in total. The molecule has 16 heteroatoms. The van der Waals surface area contributed by atoms with Gasteiger partial charge in [0, 0.05) is 68.1 Å². The van der Waals surface area contributed by atoms with E-state index < -0.39 is 146 Å². The summed E-state index contributed by atoms with van der Waals surface area (Å²) in [5.41, 5.74) is -7.14. The number of hydrogen-bond acceptors (Lipinski definition) is 16. The Kier molecular flexibility index (Phi) is 8.86. The summed E-state index contributed by atoms with van der Waals surface area (Å²) in [7, 11) is 0. The molecule has 16 nitrogen and oxygen atoms in total. The van der Waals surface area contributed by atoms with Crippen molar-refractivity contribution in [2.24, 2.45) is 68.0 Å². The van der Waals surface area contributed by atoms with E-state index in [0.29, 0.717) is 50.7 Å². The first-order valence-corrected chi connectivity index (χ1v) is 23.4. The molecular weight excluding hydrogens is 833 g/mol. The van der Waals surface area contributed by atoms with Crippen molar-refractivity contribution in [2.45, 2.75) is 162 Å². The Morgan fingerprint density at radius 2 is 1.08 bits per heavy atom. The molecule has 348 valence electrons. The van der Waals surface area contributed by atoms with Crippen molar-refractivity contribution in [1.29, 1.82) is 0 Å². The third-order valence-electron chi connectivity index (χ3n) is 18.9. The Labute approximate surface area is 371 Å². The second kappa shape index (κ2) is 13.3. The quantitative estimate of drug-likeness (QED) is 0.211. The van der Waals surface area contributed by atoms with Gasteiger partial charge in [-0.1, -0.05) is 27.7 Å². The fourth-order valence-corrected chi connectivity index (χ4v) is 17.4. The highest BCUT2D eigenvalue weighted by Gasteiger charge is 2.86. The van der Waals surface area contributed by atoms with Gasteiger partial charge in [0.05, 0.1) is 13.2 Å². The van der Waals surface area contributed by atoms with E-state index in [2.05, 4.69) is 27.7 Å².